The van der Waals surface area contributed by atoms with Crippen molar-refractivity contribution in [1.29, 1.82) is 0 Å². The Labute approximate surface area is 766 Å². The highest BCUT2D eigenvalue weighted by atomic mass is 16.8. The zero-order valence-corrected chi connectivity index (χ0v) is 71.5. The van der Waals surface area contributed by atoms with E-state index in [0.29, 0.717) is 0 Å². The fourth-order valence-electron chi connectivity index (χ4n) is 17.4. The zero-order valence-electron chi connectivity index (χ0n) is 71.5. The summed E-state index contributed by atoms with van der Waals surface area (Å²) in [5, 5.41) is 415. The van der Waals surface area contributed by atoms with Crippen LogP contribution in [0.3, 0.4) is 0 Å². The third-order valence-electron chi connectivity index (χ3n) is 25.5. The first-order valence-corrected chi connectivity index (χ1v) is 43.2. The Kier molecular flexibility index (Phi) is 40.0. The van der Waals surface area contributed by atoms with E-state index in [9.17, 15) is 194 Å². The number of amides is 1. The van der Waals surface area contributed by atoms with E-state index in [0.717, 1.165) is 6.92 Å². The Morgan fingerprint density at radius 3 is 0.684 bits per heavy atom. The van der Waals surface area contributed by atoms with Crippen LogP contribution in [0.25, 0.3) is 0 Å². The van der Waals surface area contributed by atoms with Crippen LogP contribution in [0.4, 0.5) is 0 Å². The predicted octanol–water partition coefficient (Wildman–Crippen LogP) is -27.0. The highest BCUT2D eigenvalue weighted by Crippen LogP contribution is 2.42. The molecule has 38 N–H and O–H groups in total. The van der Waals surface area contributed by atoms with Crippen molar-refractivity contribution >= 4 is 5.91 Å². The normalized spacial score (nSPS) is 52.8. The van der Waals surface area contributed by atoms with Gasteiger partial charge in [0.1, 0.15) is 293 Å². The minimum Gasteiger partial charge on any atom is -0.394 e. The van der Waals surface area contributed by atoms with E-state index < -0.39 is 454 Å². The fraction of sp³-hybridized carbons (Fsp3) is 0.986. The van der Waals surface area contributed by atoms with Gasteiger partial charge < -0.3 is 303 Å². The summed E-state index contributed by atoms with van der Waals surface area (Å²) in [4.78, 5) is 12.6. The van der Waals surface area contributed by atoms with Crippen LogP contribution >= 0.6 is 0 Å². The number of carbonyl (C=O) groups excluding carboxylic acids is 1. The summed E-state index contributed by atoms with van der Waals surface area (Å²) in [7, 11) is 0. The van der Waals surface area contributed by atoms with Crippen LogP contribution in [0.2, 0.25) is 0 Å². The lowest BCUT2D eigenvalue weighted by molar-refractivity contribution is -0.410. The number of hydrogen-bond acceptors (Lipinski definition) is 61. The van der Waals surface area contributed by atoms with Gasteiger partial charge in [0.2, 0.25) is 5.91 Å². The molecule has 12 aliphatic heterocycles. The van der Waals surface area contributed by atoms with Crippen molar-refractivity contribution in [2.24, 2.45) is 0 Å². The molecule has 0 aromatic rings. The van der Waals surface area contributed by atoms with Gasteiger partial charge in [0.05, 0.1) is 79.3 Å². The van der Waals surface area contributed by atoms with E-state index in [-0.39, 0.29) is 0 Å². The lowest BCUT2D eigenvalue weighted by Gasteiger charge is -2.51. The summed E-state index contributed by atoms with van der Waals surface area (Å²) >= 11 is 0. The molecule has 0 aromatic heterocycles. The van der Waals surface area contributed by atoms with Crippen molar-refractivity contribution in [1.82, 2.24) is 5.32 Å². The topological polar surface area (TPSA) is 990 Å². The lowest BCUT2D eigenvalue weighted by Crippen LogP contribution is -2.69. The number of aliphatic hydroxyl groups excluding tert-OH is 37. The molecule has 12 aliphatic rings. The summed E-state index contributed by atoms with van der Waals surface area (Å²) in [6.07, 6.45) is -133. The number of carbonyl (C=O) groups is 1. The first-order valence-electron chi connectivity index (χ1n) is 43.2. The maximum Gasteiger partial charge on any atom is 0.217 e. The largest absolute Gasteiger partial charge is 0.394 e. The lowest BCUT2D eigenvalue weighted by atomic mass is 9.94. The van der Waals surface area contributed by atoms with E-state index in [1.807, 2.05) is 0 Å². The minimum absolute atomic E-state index is 0.918. The molecule has 12 heterocycles. The first-order chi connectivity index (χ1) is 64.5. The van der Waals surface area contributed by atoms with Gasteiger partial charge in [-0.15, -0.1) is 0 Å². The summed E-state index contributed by atoms with van der Waals surface area (Å²) in [6.45, 7) is -13.3. The van der Waals surface area contributed by atoms with E-state index in [1.54, 1.807) is 0 Å². The molecule has 12 rings (SSSR count). The van der Waals surface area contributed by atoms with Crippen LogP contribution in [0.1, 0.15) is 6.92 Å². The molecule has 792 valence electrons. The Hall–Kier alpha value is -2.93. The zero-order chi connectivity index (χ0) is 99.7. The van der Waals surface area contributed by atoms with Crippen LogP contribution in [0.5, 0.6) is 0 Å². The summed E-state index contributed by atoms with van der Waals surface area (Å²) in [5.74, 6) is -0.947. The van der Waals surface area contributed by atoms with Crippen LogP contribution < -0.4 is 5.32 Å². The molecule has 62 nitrogen and oxygen atoms in total. The van der Waals surface area contributed by atoms with Crippen molar-refractivity contribution in [3.05, 3.63) is 0 Å². The van der Waals surface area contributed by atoms with Crippen molar-refractivity contribution in [2.75, 3.05) is 79.3 Å². The maximum absolute atomic E-state index is 13.0. The molecule has 0 radical (unpaired) electrons. The third-order valence-corrected chi connectivity index (χ3v) is 25.5. The molecule has 0 aliphatic carbocycles. The smallest absolute Gasteiger partial charge is 0.217 e. The van der Waals surface area contributed by atoms with E-state index >= 15 is 0 Å². The molecule has 0 bridgehead atoms. The van der Waals surface area contributed by atoms with Crippen molar-refractivity contribution < 1.29 is 303 Å². The average Bonchev–Trinajstić information content (AvgIpc) is 0.759. The predicted molar refractivity (Wildman–Crippen MR) is 407 cm³/mol. The Balaban J connectivity index is 0.921. The second kappa shape index (κ2) is 48.6. The van der Waals surface area contributed by atoms with Gasteiger partial charge in [-0.05, 0) is 0 Å². The third kappa shape index (κ3) is 23.7. The Morgan fingerprint density at radius 1 is 0.191 bits per heavy atom. The summed E-state index contributed by atoms with van der Waals surface area (Å²) in [5.41, 5.74) is 0. The molecule has 1 unspecified atom stereocenters. The summed E-state index contributed by atoms with van der Waals surface area (Å²) < 4.78 is 135. The number of aliphatic hydroxyl groups is 37. The second-order valence-electron chi connectivity index (χ2n) is 34.5. The molecular weight excluding hydrogens is 1880 g/mol. The quantitative estimate of drug-likeness (QED) is 0.0280. The van der Waals surface area contributed by atoms with Gasteiger partial charge in [-0.1, -0.05) is 0 Å². The van der Waals surface area contributed by atoms with Crippen molar-refractivity contribution in [3.63, 3.8) is 0 Å². The van der Waals surface area contributed by atoms with Crippen LogP contribution in [0.15, 0.2) is 0 Å². The number of nitrogens with one attached hydrogen (secondary N) is 1. The van der Waals surface area contributed by atoms with Crippen molar-refractivity contribution in [3.8, 4) is 0 Å². The minimum atomic E-state index is -2.76. The molecule has 12 fully saturated rings. The van der Waals surface area contributed by atoms with Gasteiger partial charge in [0.25, 0.3) is 0 Å². The van der Waals surface area contributed by atoms with Crippen LogP contribution in [-0.2, 0) is 114 Å². The SMILES string of the molecule is CC(=O)N[C@H]1C(O)O[C@H](CO)[C@@H](O[C@@H]2O[C@H](CO[C@H]3O[C@H](CO[C@H]4O[C@H](CO)[C@@H](O)[C@H](O)[C@@H]4O[C@H]4O[C@H](CO)[C@@H](O)[C@H](O)[C@@H]4O)[C@@H](O)[C@H](O[C@H]4O[C@H](CO)[C@@H](O)[C@H](O)[C@@H]4O[C@H]4O[C@H](CO)[C@@H](O)[C@H](O)[C@@H]4O)[C@@H]3O)[C@@H](O)[C@H](O[C@H]3O[C@H](CO[C@H]4O[C@H](CO)[C@@H](O)[C@H](O)[C@@H]4O[C@H]4O[C@H](CO)[C@@H](O)[C@H](O)[C@@H]4O)[C@@H](O)[C@H](O)[C@@H]3O[C@H]3O[C@H](CO)[C@@H](O)[C@H](O)[C@@H]3O[C@H]3O[C@H](CO)[C@@H](O)[C@H](O)[C@@H]3O)[C@@H]2O)[C@@H]1O. The van der Waals surface area contributed by atoms with Gasteiger partial charge in [-0.3, -0.25) is 4.79 Å². The summed E-state index contributed by atoms with van der Waals surface area (Å²) in [6, 6.07) is -1.91. The fourth-order valence-corrected chi connectivity index (χ4v) is 17.4. The van der Waals surface area contributed by atoms with E-state index in [2.05, 4.69) is 5.32 Å². The highest BCUT2D eigenvalue weighted by molar-refractivity contribution is 5.73. The molecule has 0 saturated carbocycles. The molecule has 62 heteroatoms. The van der Waals surface area contributed by atoms with Gasteiger partial charge in [0, 0.05) is 6.92 Å². The molecule has 60 atom stereocenters. The number of hydrogen-bond donors (Lipinski definition) is 38. The van der Waals surface area contributed by atoms with Crippen LogP contribution in [0, 0.1) is 0 Å². The monoisotopic (exact) mass is 2000 g/mol. The van der Waals surface area contributed by atoms with Crippen LogP contribution in [-0.4, -0.2) is 643 Å². The maximum atomic E-state index is 13.0. The van der Waals surface area contributed by atoms with Gasteiger partial charge in [0.15, 0.2) is 75.5 Å². The molecule has 12 saturated heterocycles. The van der Waals surface area contributed by atoms with E-state index in [4.69, 9.17) is 109 Å². The van der Waals surface area contributed by atoms with Gasteiger partial charge in [-0.2, -0.15) is 0 Å². The molecule has 0 spiro atoms. The Bertz CT molecular complexity index is 3590. The van der Waals surface area contributed by atoms with Gasteiger partial charge in [-0.25, -0.2) is 0 Å². The Morgan fingerprint density at radius 2 is 0.390 bits per heavy atom. The van der Waals surface area contributed by atoms with Crippen molar-refractivity contribution in [2.45, 2.75) is 375 Å². The molecular formula is C74H125NO61. The number of ether oxygens (including phenoxy) is 23. The number of rotatable bonds is 35. The molecule has 1 amide bonds. The van der Waals surface area contributed by atoms with E-state index in [1.165, 1.54) is 0 Å². The first kappa shape index (κ1) is 112. The average molecular weight is 2000 g/mol. The molecule has 0 aromatic carbocycles. The highest BCUT2D eigenvalue weighted by Gasteiger charge is 2.63. The van der Waals surface area contributed by atoms with Gasteiger partial charge >= 0.3 is 0 Å². The second-order valence-corrected chi connectivity index (χ2v) is 34.5. The standard InChI is InChI=1S/C74H125NO61/c1-14(85)75-27-39(97)55(23(10-84)117-63(27)113)129-69-54(112)57(131-74-62(136-73-61(47(105)35(93)22(9-83)125-73)135-68-52(110)43(101)31(89)18(5-79)121-68)48(106)36(94)24(128-74)11-115-70-58(44(102)32(90)19(6-80)122-70)132-65-49(107)40(98)28(86)15(2-76)118-65)38(96)26(127-69)12-114-64-53(111)56(130-72-60(46(104)34(92)21(8-82)124-72)134-67-51(109)42(100)30(88)17(4-78)120-67)37(95)25(126-64)13-116-71-59(45(103)33(91)20(7-81)123-71)133-66-50(108)41(99)29(87)16(3-77)119-66/h15-74,76-84,86-113H,2-13H2,1H3,(H,75,85)/t15-,16-,17-,18-,19-,20-,21-,22-,23-,24-,25-,26-,27-,28-,29-,30-,31-,32-,33-,34-,35-,36-,37-,38-,39-,40+,41+,42+,43+,44+,45+,46+,47+,48+,49+,50+,51+,52+,53+,54+,55-,56+,57+,58+,59+,60+,61+,62+,63?,64+,65-,66-,67-,68-,69+,70+,71+,72-,73-,74-/m1/s1. The molecule has 136 heavy (non-hydrogen) atoms.